The fraction of sp³-hybridized carbons (Fsp3) is 0.526. The number of nitrogens with zero attached hydrogens (tertiary/aromatic N) is 3. The van der Waals surface area contributed by atoms with E-state index < -0.39 is 0 Å². The van der Waals surface area contributed by atoms with Crippen LogP contribution in [0.25, 0.3) is 0 Å². The van der Waals surface area contributed by atoms with Crippen LogP contribution < -0.4 is 9.64 Å². The number of imidazole rings is 1. The number of hydrogen-bond donors (Lipinski definition) is 1. The Hall–Kier alpha value is -2.01. The number of ether oxygens (including phenoxy) is 1. The molecular formula is C19H28N4O. The maximum Gasteiger partial charge on any atom is 0.121 e. The molecular weight excluding hydrogens is 300 g/mol. The van der Waals surface area contributed by atoms with E-state index in [2.05, 4.69) is 64.9 Å². The van der Waals surface area contributed by atoms with Crippen LogP contribution in [-0.2, 0) is 6.54 Å². The van der Waals surface area contributed by atoms with E-state index in [1.807, 2.05) is 6.20 Å². The molecule has 5 heteroatoms. The molecule has 1 aliphatic heterocycles. The summed E-state index contributed by atoms with van der Waals surface area (Å²) in [4.78, 5) is 12.0. The standard InChI is InChI=1S/C19H28N4O/c1-15(2)23(13-16-12-20-14-21-16)17-5-4-6-19(11-17)24-18-7-9-22(3)10-8-18/h4-6,11-12,14-15,18H,7-10,13H2,1-3H3,(H,20,21). The summed E-state index contributed by atoms with van der Waals surface area (Å²) >= 11 is 0. The van der Waals surface area contributed by atoms with Gasteiger partial charge in [-0.05, 0) is 45.9 Å². The van der Waals surface area contributed by atoms with Gasteiger partial charge >= 0.3 is 0 Å². The monoisotopic (exact) mass is 328 g/mol. The maximum atomic E-state index is 6.24. The minimum Gasteiger partial charge on any atom is -0.490 e. The van der Waals surface area contributed by atoms with Crippen LogP contribution >= 0.6 is 0 Å². The van der Waals surface area contributed by atoms with Crippen molar-refractivity contribution in [1.82, 2.24) is 14.9 Å². The molecule has 1 aromatic heterocycles. The van der Waals surface area contributed by atoms with Crippen molar-refractivity contribution in [1.29, 1.82) is 0 Å². The van der Waals surface area contributed by atoms with Crippen molar-refractivity contribution in [2.45, 2.75) is 45.4 Å². The molecule has 24 heavy (non-hydrogen) atoms. The highest BCUT2D eigenvalue weighted by Gasteiger charge is 2.19. The lowest BCUT2D eigenvalue weighted by Gasteiger charge is -2.31. The van der Waals surface area contributed by atoms with Gasteiger partial charge < -0.3 is 19.5 Å². The predicted octanol–water partition coefficient (Wildman–Crippen LogP) is 3.30. The Morgan fingerprint density at radius 3 is 2.79 bits per heavy atom. The van der Waals surface area contributed by atoms with Gasteiger partial charge in [-0.1, -0.05) is 6.07 Å². The average molecular weight is 328 g/mol. The first-order valence-corrected chi connectivity index (χ1v) is 8.81. The van der Waals surface area contributed by atoms with Crippen molar-refractivity contribution in [3.63, 3.8) is 0 Å². The molecule has 0 radical (unpaired) electrons. The van der Waals surface area contributed by atoms with Crippen LogP contribution in [0.4, 0.5) is 5.69 Å². The van der Waals surface area contributed by atoms with Gasteiger partial charge in [0.15, 0.2) is 0 Å². The second kappa shape index (κ2) is 7.71. The first kappa shape index (κ1) is 16.8. The molecule has 5 nitrogen and oxygen atoms in total. The quantitative estimate of drug-likeness (QED) is 0.884. The predicted molar refractivity (Wildman–Crippen MR) is 97.5 cm³/mol. The Balaban J connectivity index is 1.70. The summed E-state index contributed by atoms with van der Waals surface area (Å²) in [6.07, 6.45) is 6.14. The Morgan fingerprint density at radius 1 is 1.33 bits per heavy atom. The highest BCUT2D eigenvalue weighted by Crippen LogP contribution is 2.26. The van der Waals surface area contributed by atoms with Crippen LogP contribution in [0.1, 0.15) is 32.4 Å². The number of hydrogen-bond acceptors (Lipinski definition) is 4. The second-order valence-corrected chi connectivity index (χ2v) is 6.92. The van der Waals surface area contributed by atoms with Crippen LogP contribution in [-0.4, -0.2) is 47.2 Å². The van der Waals surface area contributed by atoms with Crippen LogP contribution in [0.2, 0.25) is 0 Å². The van der Waals surface area contributed by atoms with E-state index >= 15 is 0 Å². The van der Waals surface area contributed by atoms with Crippen molar-refractivity contribution in [2.75, 3.05) is 25.0 Å². The van der Waals surface area contributed by atoms with Gasteiger partial charge in [0.25, 0.3) is 0 Å². The zero-order chi connectivity index (χ0) is 16.9. The lowest BCUT2D eigenvalue weighted by atomic mass is 10.1. The Labute approximate surface area is 144 Å². The molecule has 130 valence electrons. The normalized spacial score (nSPS) is 16.5. The van der Waals surface area contributed by atoms with Gasteiger partial charge in [0, 0.05) is 37.1 Å². The summed E-state index contributed by atoms with van der Waals surface area (Å²) in [6.45, 7) is 7.46. The van der Waals surface area contributed by atoms with Gasteiger partial charge in [-0.3, -0.25) is 0 Å². The SMILES string of the molecule is CC(C)N(Cc1cnc[nH]1)c1cccc(OC2CCN(C)CC2)c1. The van der Waals surface area contributed by atoms with Gasteiger partial charge in [-0.15, -0.1) is 0 Å². The summed E-state index contributed by atoms with van der Waals surface area (Å²) in [5.41, 5.74) is 2.30. The highest BCUT2D eigenvalue weighted by atomic mass is 16.5. The van der Waals surface area contributed by atoms with Gasteiger partial charge in [0.05, 0.1) is 18.6 Å². The van der Waals surface area contributed by atoms with Crippen LogP contribution in [0, 0.1) is 0 Å². The largest absolute Gasteiger partial charge is 0.490 e. The van der Waals surface area contributed by atoms with E-state index in [9.17, 15) is 0 Å². The fourth-order valence-corrected chi connectivity index (χ4v) is 3.16. The Kier molecular flexibility index (Phi) is 5.41. The Bertz CT molecular complexity index is 618. The summed E-state index contributed by atoms with van der Waals surface area (Å²) in [5.74, 6) is 0.970. The average Bonchev–Trinajstić information content (AvgIpc) is 3.08. The molecule has 0 unspecified atom stereocenters. The van der Waals surface area contributed by atoms with E-state index in [0.29, 0.717) is 12.1 Å². The minimum absolute atomic E-state index is 0.330. The van der Waals surface area contributed by atoms with Crippen LogP contribution in [0.3, 0.4) is 0 Å². The first-order valence-electron chi connectivity index (χ1n) is 8.81. The van der Waals surface area contributed by atoms with Crippen molar-refractivity contribution < 1.29 is 4.74 Å². The number of piperidine rings is 1. The van der Waals surface area contributed by atoms with E-state index in [1.165, 1.54) is 5.69 Å². The zero-order valence-corrected chi connectivity index (χ0v) is 14.9. The van der Waals surface area contributed by atoms with Crippen LogP contribution in [0.5, 0.6) is 5.75 Å². The molecule has 0 spiro atoms. The number of rotatable bonds is 6. The van der Waals surface area contributed by atoms with E-state index in [1.54, 1.807) is 6.33 Å². The highest BCUT2D eigenvalue weighted by molar-refractivity contribution is 5.51. The lowest BCUT2D eigenvalue weighted by molar-refractivity contribution is 0.114. The number of anilines is 1. The number of aromatic nitrogens is 2. The van der Waals surface area contributed by atoms with E-state index in [0.717, 1.165) is 43.9 Å². The molecule has 1 fully saturated rings. The molecule has 0 atom stereocenters. The number of aromatic amines is 1. The summed E-state index contributed by atoms with van der Waals surface area (Å²) in [7, 11) is 2.17. The van der Waals surface area contributed by atoms with Gasteiger partial charge in [0.1, 0.15) is 11.9 Å². The fourth-order valence-electron chi connectivity index (χ4n) is 3.16. The van der Waals surface area contributed by atoms with Crippen LogP contribution in [0.15, 0.2) is 36.8 Å². The molecule has 0 bridgehead atoms. The third kappa shape index (κ3) is 4.29. The van der Waals surface area contributed by atoms with E-state index in [-0.39, 0.29) is 0 Å². The Morgan fingerprint density at radius 2 is 2.12 bits per heavy atom. The molecule has 0 aliphatic carbocycles. The molecule has 0 saturated carbocycles. The third-order valence-electron chi connectivity index (χ3n) is 4.64. The van der Waals surface area contributed by atoms with Gasteiger partial charge in [0.2, 0.25) is 0 Å². The molecule has 3 rings (SSSR count). The summed E-state index contributed by atoms with van der Waals surface area (Å²) in [5, 5.41) is 0. The number of likely N-dealkylation sites (tertiary alicyclic amines) is 1. The number of benzene rings is 1. The first-order chi connectivity index (χ1) is 11.6. The van der Waals surface area contributed by atoms with E-state index in [4.69, 9.17) is 4.74 Å². The third-order valence-corrected chi connectivity index (χ3v) is 4.64. The van der Waals surface area contributed by atoms with Crippen molar-refractivity contribution in [3.05, 3.63) is 42.5 Å². The second-order valence-electron chi connectivity index (χ2n) is 6.92. The van der Waals surface area contributed by atoms with Gasteiger partial charge in [-0.2, -0.15) is 0 Å². The molecule has 2 aromatic rings. The summed E-state index contributed by atoms with van der Waals surface area (Å²) in [6, 6.07) is 8.86. The number of H-pyrrole nitrogens is 1. The zero-order valence-electron chi connectivity index (χ0n) is 14.9. The molecule has 1 aromatic carbocycles. The van der Waals surface area contributed by atoms with Crippen molar-refractivity contribution >= 4 is 5.69 Å². The maximum absolute atomic E-state index is 6.24. The summed E-state index contributed by atoms with van der Waals surface area (Å²) < 4.78 is 6.24. The molecule has 1 aliphatic rings. The smallest absolute Gasteiger partial charge is 0.121 e. The van der Waals surface area contributed by atoms with Crippen molar-refractivity contribution in [2.24, 2.45) is 0 Å². The van der Waals surface area contributed by atoms with Gasteiger partial charge in [-0.25, -0.2) is 4.98 Å². The molecule has 0 amide bonds. The topological polar surface area (TPSA) is 44.4 Å². The molecule has 1 saturated heterocycles. The lowest BCUT2D eigenvalue weighted by Crippen LogP contribution is -2.35. The number of nitrogens with one attached hydrogen (secondary N) is 1. The van der Waals surface area contributed by atoms with Crippen molar-refractivity contribution in [3.8, 4) is 5.75 Å². The minimum atomic E-state index is 0.330. The molecule has 2 heterocycles. The molecule has 1 N–H and O–H groups in total.